The highest BCUT2D eigenvalue weighted by atomic mass is 16.5. The van der Waals surface area contributed by atoms with E-state index in [0.29, 0.717) is 12.4 Å². The number of carboxylic acids is 1. The van der Waals surface area contributed by atoms with E-state index in [-0.39, 0.29) is 12.2 Å². The summed E-state index contributed by atoms with van der Waals surface area (Å²) in [6.07, 6.45) is 0.253. The maximum absolute atomic E-state index is 10.5. The van der Waals surface area contributed by atoms with Crippen LogP contribution in [0, 0.1) is 0 Å². The molecule has 0 aliphatic rings. The van der Waals surface area contributed by atoms with E-state index < -0.39 is 12.0 Å². The number of hydrogen-bond acceptors (Lipinski definition) is 4. The van der Waals surface area contributed by atoms with E-state index in [9.17, 15) is 15.0 Å². The van der Waals surface area contributed by atoms with Gasteiger partial charge in [-0.15, -0.1) is 0 Å². The van der Waals surface area contributed by atoms with Crippen molar-refractivity contribution in [2.75, 3.05) is 6.61 Å². The molecule has 1 aromatic carbocycles. The minimum atomic E-state index is -1.19. The predicted molar refractivity (Wildman–Crippen MR) is 54.7 cm³/mol. The highest BCUT2D eigenvalue weighted by Crippen LogP contribution is 2.27. The molecule has 1 aromatic rings. The molecule has 0 aliphatic carbocycles. The molecule has 0 radical (unpaired) electrons. The van der Waals surface area contributed by atoms with Crippen LogP contribution in [0.1, 0.15) is 12.5 Å². The average Bonchev–Trinajstić information content (AvgIpc) is 2.23. The summed E-state index contributed by atoms with van der Waals surface area (Å²) in [6, 6.07) is 3.92. The number of rotatable bonds is 5. The number of carbonyl (C=O) groups is 1. The quantitative estimate of drug-likeness (QED) is 0.650. The Labute approximate surface area is 93.5 Å². The zero-order valence-electron chi connectivity index (χ0n) is 9.10. The van der Waals surface area contributed by atoms with Gasteiger partial charge in [0.05, 0.1) is 12.6 Å². The zero-order chi connectivity index (χ0) is 12.1. The smallest absolute Gasteiger partial charge is 0.161 e. The normalized spacial score (nSPS) is 12.1. The average molecular weight is 225 g/mol. The molecular formula is C11H15NO4. The zero-order valence-corrected chi connectivity index (χ0v) is 9.10. The van der Waals surface area contributed by atoms with Gasteiger partial charge in [-0.25, -0.2) is 0 Å². The summed E-state index contributed by atoms with van der Waals surface area (Å²) in [6.45, 7) is 2.24. The Morgan fingerprint density at radius 2 is 2.31 bits per heavy atom. The highest BCUT2D eigenvalue weighted by Gasteiger charge is 2.10. The van der Waals surface area contributed by atoms with Crippen molar-refractivity contribution in [1.82, 2.24) is 0 Å². The molecule has 0 saturated carbocycles. The Kier molecular flexibility index (Phi) is 4.13. The summed E-state index contributed by atoms with van der Waals surface area (Å²) in [4.78, 5) is 10.5. The molecule has 0 fully saturated rings. The van der Waals surface area contributed by atoms with Gasteiger partial charge in [0.25, 0.3) is 0 Å². The van der Waals surface area contributed by atoms with Gasteiger partial charge >= 0.3 is 0 Å². The SMILES string of the molecule is CCOc1cc(C[C@H]([NH3+])C(=O)[O-])ccc1O. The molecule has 5 heteroatoms. The molecule has 0 aliphatic heterocycles. The number of carbonyl (C=O) groups excluding carboxylic acids is 1. The van der Waals surface area contributed by atoms with Crippen LogP contribution in [-0.2, 0) is 11.2 Å². The monoisotopic (exact) mass is 225 g/mol. The Morgan fingerprint density at radius 1 is 1.62 bits per heavy atom. The first kappa shape index (κ1) is 12.3. The van der Waals surface area contributed by atoms with Crippen LogP contribution in [0.15, 0.2) is 18.2 Å². The lowest BCUT2D eigenvalue weighted by Gasteiger charge is -2.11. The highest BCUT2D eigenvalue weighted by molar-refractivity contribution is 5.69. The summed E-state index contributed by atoms with van der Waals surface area (Å²) in [5.41, 5.74) is 4.21. The molecule has 0 heterocycles. The summed E-state index contributed by atoms with van der Waals surface area (Å²) >= 11 is 0. The Hall–Kier alpha value is -1.75. The number of quaternary nitrogens is 1. The van der Waals surface area contributed by atoms with Crippen LogP contribution in [0.4, 0.5) is 0 Å². The number of hydrogen-bond donors (Lipinski definition) is 2. The number of phenolic OH excluding ortho intramolecular Hbond substituents is 1. The van der Waals surface area contributed by atoms with E-state index >= 15 is 0 Å². The van der Waals surface area contributed by atoms with E-state index in [2.05, 4.69) is 5.73 Å². The van der Waals surface area contributed by atoms with Crippen molar-refractivity contribution in [2.24, 2.45) is 0 Å². The Balaban J connectivity index is 2.82. The van der Waals surface area contributed by atoms with Crippen molar-refractivity contribution in [3.8, 4) is 11.5 Å². The first-order chi connectivity index (χ1) is 7.54. The van der Waals surface area contributed by atoms with E-state index in [1.165, 1.54) is 6.07 Å². The molecule has 1 atom stereocenters. The Morgan fingerprint density at radius 3 is 2.88 bits per heavy atom. The maximum atomic E-state index is 10.5. The second-order valence-electron chi connectivity index (χ2n) is 3.46. The minimum Gasteiger partial charge on any atom is -0.544 e. The number of aromatic hydroxyl groups is 1. The molecule has 4 N–H and O–H groups in total. The summed E-state index contributed by atoms with van der Waals surface area (Å²) < 4.78 is 5.19. The van der Waals surface area contributed by atoms with E-state index in [4.69, 9.17) is 4.74 Å². The molecule has 5 nitrogen and oxygen atoms in total. The van der Waals surface area contributed by atoms with Gasteiger partial charge in [-0.3, -0.25) is 0 Å². The lowest BCUT2D eigenvalue weighted by Crippen LogP contribution is -2.69. The standard InChI is InChI=1S/C11H15NO4/c1-2-16-10-6-7(3-4-9(10)13)5-8(12)11(14)15/h3-4,6,8,13H,2,5,12H2,1H3,(H,14,15)/t8-/m0/s1. The molecular weight excluding hydrogens is 210 g/mol. The minimum absolute atomic E-state index is 0.0414. The maximum Gasteiger partial charge on any atom is 0.161 e. The lowest BCUT2D eigenvalue weighted by molar-refractivity contribution is -0.437. The van der Waals surface area contributed by atoms with Crippen molar-refractivity contribution < 1.29 is 25.5 Å². The lowest BCUT2D eigenvalue weighted by atomic mass is 10.1. The van der Waals surface area contributed by atoms with Crippen LogP contribution < -0.4 is 15.6 Å². The van der Waals surface area contributed by atoms with E-state index in [0.717, 1.165) is 5.56 Å². The number of phenols is 1. The first-order valence-electron chi connectivity index (χ1n) is 5.03. The van der Waals surface area contributed by atoms with Gasteiger partial charge in [0.2, 0.25) is 0 Å². The molecule has 0 unspecified atom stereocenters. The van der Waals surface area contributed by atoms with Gasteiger partial charge in [0.15, 0.2) is 11.5 Å². The third-order valence-corrected chi connectivity index (χ3v) is 2.14. The second kappa shape index (κ2) is 5.37. The molecule has 0 saturated heterocycles. The van der Waals surface area contributed by atoms with Crippen LogP contribution in [0.2, 0.25) is 0 Å². The van der Waals surface area contributed by atoms with Gasteiger partial charge < -0.3 is 25.5 Å². The van der Waals surface area contributed by atoms with Gasteiger partial charge in [-0.2, -0.15) is 0 Å². The van der Waals surface area contributed by atoms with Crippen molar-refractivity contribution in [2.45, 2.75) is 19.4 Å². The molecule has 88 valence electrons. The van der Waals surface area contributed by atoms with Crippen molar-refractivity contribution >= 4 is 5.97 Å². The fraction of sp³-hybridized carbons (Fsp3) is 0.364. The molecule has 0 amide bonds. The predicted octanol–water partition coefficient (Wildman–Crippen LogP) is -1.31. The first-order valence-corrected chi connectivity index (χ1v) is 5.03. The number of carboxylic acid groups (broad SMARTS) is 1. The van der Waals surface area contributed by atoms with Crippen LogP contribution in [0.25, 0.3) is 0 Å². The van der Waals surface area contributed by atoms with Crippen LogP contribution in [-0.4, -0.2) is 23.7 Å². The van der Waals surface area contributed by atoms with Gasteiger partial charge in [0, 0.05) is 6.42 Å². The van der Waals surface area contributed by atoms with Crippen molar-refractivity contribution in [3.05, 3.63) is 23.8 Å². The van der Waals surface area contributed by atoms with Gasteiger partial charge in [-0.05, 0) is 24.6 Å². The van der Waals surface area contributed by atoms with Crippen LogP contribution >= 0.6 is 0 Å². The molecule has 0 spiro atoms. The summed E-state index contributed by atoms with van der Waals surface area (Å²) in [7, 11) is 0. The molecule has 0 aromatic heterocycles. The van der Waals surface area contributed by atoms with Crippen LogP contribution in [0.3, 0.4) is 0 Å². The fourth-order valence-electron chi connectivity index (χ4n) is 1.32. The van der Waals surface area contributed by atoms with E-state index in [1.807, 2.05) is 0 Å². The van der Waals surface area contributed by atoms with Crippen molar-refractivity contribution in [3.63, 3.8) is 0 Å². The fourth-order valence-corrected chi connectivity index (χ4v) is 1.32. The van der Waals surface area contributed by atoms with Gasteiger partial charge in [-0.1, -0.05) is 6.07 Å². The van der Waals surface area contributed by atoms with E-state index in [1.54, 1.807) is 19.1 Å². The number of ether oxygens (including phenoxy) is 1. The molecule has 16 heavy (non-hydrogen) atoms. The molecule has 0 bridgehead atoms. The summed E-state index contributed by atoms with van der Waals surface area (Å²) in [5.74, 6) is -0.795. The largest absolute Gasteiger partial charge is 0.544 e. The molecule has 1 rings (SSSR count). The Bertz CT molecular complexity index is 378. The third-order valence-electron chi connectivity index (χ3n) is 2.14. The summed E-state index contributed by atoms with van der Waals surface area (Å²) in [5, 5.41) is 20.0. The number of aliphatic carboxylic acids is 1. The van der Waals surface area contributed by atoms with Crippen LogP contribution in [0.5, 0.6) is 11.5 Å². The number of benzene rings is 1. The third kappa shape index (κ3) is 3.13. The van der Waals surface area contributed by atoms with Crippen molar-refractivity contribution in [1.29, 1.82) is 0 Å². The van der Waals surface area contributed by atoms with Gasteiger partial charge in [0.1, 0.15) is 6.04 Å². The second-order valence-corrected chi connectivity index (χ2v) is 3.46. The topological polar surface area (TPSA) is 97.2 Å².